The van der Waals surface area contributed by atoms with Gasteiger partial charge in [0.15, 0.2) is 5.82 Å². The molecule has 1 atom stereocenters. The van der Waals surface area contributed by atoms with Gasteiger partial charge in [0, 0.05) is 27.9 Å². The number of nitrogens with two attached hydrogens (primary N) is 1. The van der Waals surface area contributed by atoms with Gasteiger partial charge in [0.2, 0.25) is 5.95 Å². The van der Waals surface area contributed by atoms with Crippen molar-refractivity contribution in [2.45, 2.75) is 5.60 Å². The van der Waals surface area contributed by atoms with Gasteiger partial charge < -0.3 is 20.3 Å². The van der Waals surface area contributed by atoms with Gasteiger partial charge in [-0.15, -0.1) is 0 Å². The van der Waals surface area contributed by atoms with Crippen LogP contribution in [0.15, 0.2) is 24.4 Å². The topological polar surface area (TPSA) is 67.5 Å². The van der Waals surface area contributed by atoms with E-state index < -0.39 is 0 Å². The summed E-state index contributed by atoms with van der Waals surface area (Å²) in [7, 11) is 2.12. The molecule has 1 aromatic heterocycles. The summed E-state index contributed by atoms with van der Waals surface area (Å²) in [6.45, 7) is 3.12. The normalized spacial score (nSPS) is 23.7. The Kier molecular flexibility index (Phi) is 4.06. The van der Waals surface area contributed by atoms with Crippen LogP contribution in [0.1, 0.15) is 5.56 Å². The number of benzene rings is 1. The van der Waals surface area contributed by atoms with Gasteiger partial charge in [-0.3, -0.25) is 0 Å². The van der Waals surface area contributed by atoms with E-state index in [2.05, 4.69) is 67.6 Å². The van der Waals surface area contributed by atoms with E-state index in [-0.39, 0.29) is 11.5 Å². The number of anilines is 3. The molecule has 0 bridgehead atoms. The number of morpholine rings is 1. The highest BCUT2D eigenvalue weighted by atomic mass is 127. The summed E-state index contributed by atoms with van der Waals surface area (Å²) >= 11 is 8.68. The first kappa shape index (κ1) is 16.3. The minimum Gasteiger partial charge on any atom is -0.368 e. The fourth-order valence-electron chi connectivity index (χ4n) is 3.50. The maximum Gasteiger partial charge on any atom is 0.222 e. The first-order chi connectivity index (χ1) is 11.5. The van der Waals surface area contributed by atoms with Crippen molar-refractivity contribution < 1.29 is 4.74 Å². The number of aromatic nitrogens is 2. The molecule has 1 spiro atoms. The van der Waals surface area contributed by atoms with Crippen molar-refractivity contribution in [3.05, 3.63) is 38.6 Å². The largest absolute Gasteiger partial charge is 0.368 e. The van der Waals surface area contributed by atoms with Gasteiger partial charge >= 0.3 is 0 Å². The molecule has 0 aliphatic carbocycles. The Morgan fingerprint density at radius 1 is 1.38 bits per heavy atom. The predicted molar refractivity (Wildman–Crippen MR) is 103 cm³/mol. The molecule has 1 unspecified atom stereocenters. The van der Waals surface area contributed by atoms with E-state index in [0.717, 1.165) is 22.3 Å². The molecule has 0 radical (unpaired) electrons. The van der Waals surface area contributed by atoms with Crippen LogP contribution >= 0.6 is 34.2 Å². The van der Waals surface area contributed by atoms with Crippen LogP contribution in [0.5, 0.6) is 0 Å². The van der Waals surface area contributed by atoms with Gasteiger partial charge in [-0.2, -0.15) is 4.98 Å². The van der Waals surface area contributed by atoms with Crippen molar-refractivity contribution in [3.8, 4) is 0 Å². The summed E-state index contributed by atoms with van der Waals surface area (Å²) < 4.78 is 7.43. The quantitative estimate of drug-likeness (QED) is 0.664. The number of likely N-dealkylation sites (N-methyl/N-ethyl adjacent to an activating group) is 1. The Labute approximate surface area is 159 Å². The van der Waals surface area contributed by atoms with Gasteiger partial charge in [-0.1, -0.05) is 17.7 Å². The zero-order valence-electron chi connectivity index (χ0n) is 13.2. The monoisotopic (exact) mass is 457 g/mol. The second kappa shape index (κ2) is 5.98. The Balaban J connectivity index is 1.86. The fourth-order valence-corrected chi connectivity index (χ4v) is 4.17. The lowest BCUT2D eigenvalue weighted by atomic mass is 9.94. The van der Waals surface area contributed by atoms with Crippen molar-refractivity contribution in [1.29, 1.82) is 0 Å². The van der Waals surface area contributed by atoms with Crippen LogP contribution in [0, 0.1) is 3.57 Å². The smallest absolute Gasteiger partial charge is 0.222 e. The SMILES string of the molecule is CN1CCOC2(C1)CN(c1nc(N)ncc1Cl)c1cc(I)ccc12. The molecule has 24 heavy (non-hydrogen) atoms. The van der Waals surface area contributed by atoms with E-state index in [9.17, 15) is 0 Å². The van der Waals surface area contributed by atoms with E-state index in [0.29, 0.717) is 24.0 Å². The lowest BCUT2D eigenvalue weighted by Crippen LogP contribution is -2.50. The van der Waals surface area contributed by atoms with Crippen LogP contribution in [0.4, 0.5) is 17.5 Å². The molecule has 2 N–H and O–H groups in total. The molecule has 1 saturated heterocycles. The van der Waals surface area contributed by atoms with Crippen LogP contribution in [0.3, 0.4) is 0 Å². The highest BCUT2D eigenvalue weighted by Gasteiger charge is 2.47. The van der Waals surface area contributed by atoms with Crippen LogP contribution < -0.4 is 10.6 Å². The van der Waals surface area contributed by atoms with Crippen molar-refractivity contribution in [3.63, 3.8) is 0 Å². The molecule has 4 rings (SSSR count). The fraction of sp³-hybridized carbons (Fsp3) is 0.375. The standard InChI is InChI=1S/C16H17ClIN5O/c1-22-4-5-24-16(8-22)9-23(13-6-10(18)2-3-11(13)16)14-12(17)7-20-15(19)21-14/h2-3,6-7H,4-5,8-9H2,1H3,(H2,19,20,21). The van der Waals surface area contributed by atoms with Crippen LogP contribution in [-0.2, 0) is 10.3 Å². The predicted octanol–water partition coefficient (Wildman–Crippen LogP) is 2.63. The number of halogens is 2. The van der Waals surface area contributed by atoms with Gasteiger partial charge in [-0.05, 0) is 41.8 Å². The van der Waals surface area contributed by atoms with Crippen molar-refractivity contribution in [2.75, 3.05) is 43.9 Å². The number of hydrogen-bond donors (Lipinski definition) is 1. The molecule has 126 valence electrons. The molecule has 0 amide bonds. The van der Waals surface area contributed by atoms with E-state index in [1.165, 1.54) is 5.56 Å². The molecule has 6 nitrogen and oxygen atoms in total. The summed E-state index contributed by atoms with van der Waals surface area (Å²) in [4.78, 5) is 12.7. The zero-order valence-corrected chi connectivity index (χ0v) is 16.1. The molecule has 2 aromatic rings. The van der Waals surface area contributed by atoms with Crippen LogP contribution in [-0.4, -0.2) is 48.2 Å². The number of fused-ring (bicyclic) bond motifs is 2. The number of nitrogens with zero attached hydrogens (tertiary/aromatic N) is 4. The minimum atomic E-state index is -0.379. The summed E-state index contributed by atoms with van der Waals surface area (Å²) in [5, 5.41) is 0.482. The summed E-state index contributed by atoms with van der Waals surface area (Å²) in [5.41, 5.74) is 7.65. The molecule has 2 aliphatic rings. The van der Waals surface area contributed by atoms with Gasteiger partial charge in [0.25, 0.3) is 0 Å². The van der Waals surface area contributed by atoms with Crippen molar-refractivity contribution >= 4 is 51.6 Å². The molecular formula is C16H17ClIN5O. The summed E-state index contributed by atoms with van der Waals surface area (Å²) in [5.74, 6) is 0.838. The number of hydrogen-bond acceptors (Lipinski definition) is 6. The second-order valence-electron chi connectivity index (χ2n) is 6.23. The van der Waals surface area contributed by atoms with Gasteiger partial charge in [0.05, 0.1) is 19.3 Å². The van der Waals surface area contributed by atoms with E-state index in [1.54, 1.807) is 6.20 Å². The summed E-state index contributed by atoms with van der Waals surface area (Å²) in [6, 6.07) is 6.39. The maximum absolute atomic E-state index is 6.36. The van der Waals surface area contributed by atoms with E-state index in [1.807, 2.05) is 0 Å². The Morgan fingerprint density at radius 3 is 3.00 bits per heavy atom. The molecule has 3 heterocycles. The minimum absolute atomic E-state index is 0.212. The van der Waals surface area contributed by atoms with E-state index in [4.69, 9.17) is 22.1 Å². The molecule has 1 aromatic carbocycles. The highest BCUT2D eigenvalue weighted by Crippen LogP contribution is 2.47. The van der Waals surface area contributed by atoms with Crippen LogP contribution in [0.25, 0.3) is 0 Å². The molecular weight excluding hydrogens is 441 g/mol. The van der Waals surface area contributed by atoms with Gasteiger partial charge in [-0.25, -0.2) is 4.98 Å². The molecule has 0 saturated carbocycles. The first-order valence-electron chi connectivity index (χ1n) is 7.67. The molecule has 1 fully saturated rings. The van der Waals surface area contributed by atoms with Crippen molar-refractivity contribution in [2.24, 2.45) is 0 Å². The van der Waals surface area contributed by atoms with Crippen LogP contribution in [0.2, 0.25) is 5.02 Å². The Hall–Kier alpha value is -1.16. The molecule has 8 heteroatoms. The third-order valence-corrected chi connectivity index (χ3v) is 5.47. The lowest BCUT2D eigenvalue weighted by Gasteiger charge is -2.39. The molecule has 2 aliphatic heterocycles. The first-order valence-corrected chi connectivity index (χ1v) is 9.12. The average Bonchev–Trinajstić information content (AvgIpc) is 2.83. The highest BCUT2D eigenvalue weighted by molar-refractivity contribution is 14.1. The second-order valence-corrected chi connectivity index (χ2v) is 7.88. The van der Waals surface area contributed by atoms with Gasteiger partial charge in [0.1, 0.15) is 10.6 Å². The van der Waals surface area contributed by atoms with Crippen molar-refractivity contribution in [1.82, 2.24) is 14.9 Å². The Bertz CT molecular complexity index is 804. The zero-order chi connectivity index (χ0) is 16.9. The lowest BCUT2D eigenvalue weighted by molar-refractivity contribution is -0.0970. The third kappa shape index (κ3) is 2.63. The number of nitrogen functional groups attached to an aromatic ring is 1. The Morgan fingerprint density at radius 2 is 2.21 bits per heavy atom. The third-order valence-electron chi connectivity index (χ3n) is 4.53. The average molecular weight is 458 g/mol. The number of rotatable bonds is 1. The maximum atomic E-state index is 6.36. The van der Waals surface area contributed by atoms with E-state index >= 15 is 0 Å². The summed E-state index contributed by atoms with van der Waals surface area (Å²) in [6.07, 6.45) is 1.55. The number of ether oxygens (including phenoxy) is 1.